The summed E-state index contributed by atoms with van der Waals surface area (Å²) >= 11 is 0. The fourth-order valence-corrected chi connectivity index (χ4v) is 1.39. The molecule has 0 bridgehead atoms. The van der Waals surface area contributed by atoms with Crippen LogP contribution in [0.1, 0.15) is 40.5 Å². The molecule has 1 aliphatic carbocycles. The largest absolute Gasteiger partial charge is 1.00 e. The summed E-state index contributed by atoms with van der Waals surface area (Å²) in [5, 5.41) is 0. The van der Waals surface area contributed by atoms with Crippen molar-refractivity contribution in [1.82, 2.24) is 5.48 Å². The molecule has 12 heavy (non-hydrogen) atoms. The van der Waals surface area contributed by atoms with E-state index in [2.05, 4.69) is 5.48 Å². The predicted octanol–water partition coefficient (Wildman–Crippen LogP) is -1.50. The molecule has 0 aromatic carbocycles. The van der Waals surface area contributed by atoms with Gasteiger partial charge in [-0.05, 0) is 12.8 Å². The molecule has 4 heteroatoms. The smallest absolute Gasteiger partial charge is 1.00 e. The van der Waals surface area contributed by atoms with Crippen LogP contribution in [0.25, 0.3) is 0 Å². The first-order valence-corrected chi connectivity index (χ1v) is 4.22. The topological polar surface area (TPSA) is 38.3 Å². The Hall–Kier alpha value is 0.430. The van der Waals surface area contributed by atoms with Gasteiger partial charge >= 0.3 is 35.5 Å². The zero-order chi connectivity index (χ0) is 8.10. The van der Waals surface area contributed by atoms with Crippen molar-refractivity contribution < 1.29 is 40.6 Å². The molecular weight excluding hydrogens is 165 g/mol. The minimum absolute atomic E-state index is 0. The Bertz CT molecular complexity index is 140. The zero-order valence-corrected chi connectivity index (χ0v) is 9.93. The van der Waals surface area contributed by atoms with Gasteiger partial charge in [-0.15, -0.1) is 0 Å². The first-order chi connectivity index (χ1) is 5.29. The van der Waals surface area contributed by atoms with E-state index in [4.69, 9.17) is 4.84 Å². The summed E-state index contributed by atoms with van der Waals surface area (Å²) in [7, 11) is 0. The van der Waals surface area contributed by atoms with Crippen LogP contribution >= 0.6 is 0 Å². The molecule has 1 aliphatic rings. The van der Waals surface area contributed by atoms with Gasteiger partial charge < -0.3 is 6.26 Å². The van der Waals surface area contributed by atoms with Crippen molar-refractivity contribution in [1.29, 1.82) is 0 Å². The number of hydrogen-bond acceptors (Lipinski definition) is 3. The number of carbonyl (C=O) groups excluding carboxylic acids is 1. The standard InChI is InChI=1S/C8H15NO2.Na.H/c1-7(10)11-9-8-5-3-2-4-6-8;;/h8-9H,2-6H2,1H3;;/q;+1;-1. The van der Waals surface area contributed by atoms with Crippen LogP contribution in [0.5, 0.6) is 0 Å². The number of hydroxylamine groups is 1. The number of nitrogens with one attached hydrogen (secondary N) is 1. The molecule has 3 nitrogen and oxygen atoms in total. The molecule has 0 amide bonds. The molecule has 0 radical (unpaired) electrons. The Balaban J connectivity index is 0. The van der Waals surface area contributed by atoms with Gasteiger partial charge in [-0.25, -0.2) is 0 Å². The maximum absolute atomic E-state index is 10.4. The van der Waals surface area contributed by atoms with Crippen molar-refractivity contribution in [2.75, 3.05) is 0 Å². The van der Waals surface area contributed by atoms with E-state index in [0.29, 0.717) is 6.04 Å². The van der Waals surface area contributed by atoms with Gasteiger partial charge in [-0.2, -0.15) is 5.48 Å². The maximum Gasteiger partial charge on any atom is 1.00 e. The Morgan fingerprint density at radius 3 is 2.50 bits per heavy atom. The summed E-state index contributed by atoms with van der Waals surface area (Å²) in [6, 6.07) is 0.396. The SMILES string of the molecule is CC(=O)ONC1CCCCC1.[H-].[Na+]. The van der Waals surface area contributed by atoms with E-state index in [9.17, 15) is 4.79 Å². The molecule has 0 aromatic rings. The molecule has 0 heterocycles. The van der Waals surface area contributed by atoms with Gasteiger partial charge in [0.2, 0.25) is 0 Å². The molecule has 0 aromatic heterocycles. The van der Waals surface area contributed by atoms with Crippen LogP contribution in [0.2, 0.25) is 0 Å². The van der Waals surface area contributed by atoms with Gasteiger partial charge in [-0.1, -0.05) is 19.3 Å². The average molecular weight is 181 g/mol. The second-order valence-corrected chi connectivity index (χ2v) is 3.05. The van der Waals surface area contributed by atoms with E-state index in [-0.39, 0.29) is 37.0 Å². The minimum Gasteiger partial charge on any atom is -1.00 e. The molecule has 0 atom stereocenters. The van der Waals surface area contributed by atoms with Crippen LogP contribution < -0.4 is 35.0 Å². The predicted molar refractivity (Wildman–Crippen MR) is 42.9 cm³/mol. The van der Waals surface area contributed by atoms with Crippen LogP contribution in [0.4, 0.5) is 0 Å². The molecule has 1 rings (SSSR count). The van der Waals surface area contributed by atoms with Gasteiger partial charge in [0.15, 0.2) is 0 Å². The summed E-state index contributed by atoms with van der Waals surface area (Å²) in [6.07, 6.45) is 6.08. The van der Waals surface area contributed by atoms with Crippen LogP contribution in [-0.2, 0) is 9.63 Å². The van der Waals surface area contributed by atoms with Gasteiger partial charge in [-0.3, -0.25) is 4.79 Å². The van der Waals surface area contributed by atoms with Gasteiger partial charge in [0.1, 0.15) is 0 Å². The van der Waals surface area contributed by atoms with Gasteiger partial charge in [0, 0.05) is 13.0 Å². The number of rotatable bonds is 2. The van der Waals surface area contributed by atoms with Crippen molar-refractivity contribution in [3.05, 3.63) is 0 Å². The molecule has 1 saturated carbocycles. The minimum atomic E-state index is -0.254. The molecule has 0 saturated heterocycles. The van der Waals surface area contributed by atoms with Crippen LogP contribution in [0.15, 0.2) is 0 Å². The first kappa shape index (κ1) is 12.4. The number of hydrogen-bond donors (Lipinski definition) is 1. The maximum atomic E-state index is 10.4. The van der Waals surface area contributed by atoms with Crippen LogP contribution in [0, 0.1) is 0 Å². The zero-order valence-electron chi connectivity index (χ0n) is 8.93. The first-order valence-electron chi connectivity index (χ1n) is 4.22. The summed E-state index contributed by atoms with van der Waals surface area (Å²) in [6.45, 7) is 1.41. The third-order valence-electron chi connectivity index (χ3n) is 1.97. The van der Waals surface area contributed by atoms with E-state index in [1.807, 2.05) is 0 Å². The van der Waals surface area contributed by atoms with Gasteiger partial charge in [0.05, 0.1) is 0 Å². The van der Waals surface area contributed by atoms with Crippen LogP contribution in [-0.4, -0.2) is 12.0 Å². The van der Waals surface area contributed by atoms with E-state index >= 15 is 0 Å². The third kappa shape index (κ3) is 5.14. The van der Waals surface area contributed by atoms with E-state index in [1.54, 1.807) is 0 Å². The fourth-order valence-electron chi connectivity index (χ4n) is 1.39. The van der Waals surface area contributed by atoms with Crippen LogP contribution in [0.3, 0.4) is 0 Å². The Morgan fingerprint density at radius 1 is 1.42 bits per heavy atom. The Kier molecular flexibility index (Phi) is 7.14. The molecule has 0 spiro atoms. The van der Waals surface area contributed by atoms with Crippen molar-refractivity contribution in [2.45, 2.75) is 45.1 Å². The molecule has 66 valence electrons. The number of carbonyl (C=O) groups is 1. The van der Waals surface area contributed by atoms with E-state index in [0.717, 1.165) is 12.8 Å². The summed E-state index contributed by atoms with van der Waals surface area (Å²) in [4.78, 5) is 15.1. The van der Waals surface area contributed by atoms with Crippen molar-refractivity contribution in [3.8, 4) is 0 Å². The van der Waals surface area contributed by atoms with Crippen molar-refractivity contribution in [2.24, 2.45) is 0 Å². The summed E-state index contributed by atoms with van der Waals surface area (Å²) in [5.41, 5.74) is 2.77. The second-order valence-electron chi connectivity index (χ2n) is 3.05. The third-order valence-corrected chi connectivity index (χ3v) is 1.97. The monoisotopic (exact) mass is 181 g/mol. The Labute approximate surface area is 97.0 Å². The van der Waals surface area contributed by atoms with E-state index < -0.39 is 0 Å². The summed E-state index contributed by atoms with van der Waals surface area (Å²) < 4.78 is 0. The Morgan fingerprint density at radius 2 is 2.00 bits per heavy atom. The van der Waals surface area contributed by atoms with Gasteiger partial charge in [0.25, 0.3) is 0 Å². The quantitative estimate of drug-likeness (QED) is 0.416. The second kappa shape index (κ2) is 6.89. The molecular formula is C8H16NNaO2. The molecule has 1 fully saturated rings. The molecule has 0 aliphatic heterocycles. The van der Waals surface area contributed by atoms with E-state index in [1.165, 1.54) is 26.2 Å². The average Bonchev–Trinajstić information content (AvgIpc) is 2.03. The fraction of sp³-hybridized carbons (Fsp3) is 0.875. The molecule has 1 N–H and O–H groups in total. The molecule has 0 unspecified atom stereocenters. The van der Waals surface area contributed by atoms with Crippen molar-refractivity contribution >= 4 is 5.97 Å². The summed E-state index contributed by atoms with van der Waals surface area (Å²) in [5.74, 6) is -0.254. The normalized spacial score (nSPS) is 18.1. The van der Waals surface area contributed by atoms with Crippen molar-refractivity contribution in [3.63, 3.8) is 0 Å².